The number of benzene rings is 1. The molecule has 1 aromatic carbocycles. The lowest BCUT2D eigenvalue weighted by Crippen LogP contribution is -2.28. The van der Waals surface area contributed by atoms with Gasteiger partial charge >= 0.3 is 0 Å². The first kappa shape index (κ1) is 11.1. The molecule has 0 fully saturated rings. The minimum Gasteiger partial charge on any atom is -0.371 e. The van der Waals surface area contributed by atoms with Crippen molar-refractivity contribution in [2.24, 2.45) is 5.11 Å². The Kier molecular flexibility index (Phi) is 3.22. The molecule has 1 unspecified atom stereocenters. The SMILES string of the molecule is CC(CN1CCc2ccc(Cl)cc21)N=[N+]=[N-]. The van der Waals surface area contributed by atoms with E-state index in [9.17, 15) is 0 Å². The van der Waals surface area contributed by atoms with E-state index in [1.807, 2.05) is 19.1 Å². The Morgan fingerprint density at radius 3 is 3.19 bits per heavy atom. The van der Waals surface area contributed by atoms with Crippen molar-refractivity contribution in [3.8, 4) is 0 Å². The first-order valence-corrected chi connectivity index (χ1v) is 5.66. The summed E-state index contributed by atoms with van der Waals surface area (Å²) in [7, 11) is 0. The van der Waals surface area contributed by atoms with Crippen molar-refractivity contribution in [1.29, 1.82) is 0 Å². The molecule has 0 spiro atoms. The third-order valence-corrected chi connectivity index (χ3v) is 3.01. The summed E-state index contributed by atoms with van der Waals surface area (Å²) < 4.78 is 0. The lowest BCUT2D eigenvalue weighted by atomic mass is 10.2. The highest BCUT2D eigenvalue weighted by Gasteiger charge is 2.20. The minimum atomic E-state index is -0.0186. The number of halogens is 1. The zero-order chi connectivity index (χ0) is 11.5. The molecule has 1 aliphatic heterocycles. The van der Waals surface area contributed by atoms with Crippen molar-refractivity contribution in [1.82, 2.24) is 0 Å². The predicted molar refractivity (Wildman–Crippen MR) is 66.0 cm³/mol. The van der Waals surface area contributed by atoms with Crippen molar-refractivity contribution in [3.05, 3.63) is 39.2 Å². The number of fused-ring (bicyclic) bond motifs is 1. The fourth-order valence-electron chi connectivity index (χ4n) is 2.05. The fourth-order valence-corrected chi connectivity index (χ4v) is 2.22. The van der Waals surface area contributed by atoms with E-state index in [-0.39, 0.29) is 6.04 Å². The van der Waals surface area contributed by atoms with Crippen molar-refractivity contribution >= 4 is 17.3 Å². The van der Waals surface area contributed by atoms with Crippen LogP contribution >= 0.6 is 11.6 Å². The van der Waals surface area contributed by atoms with Gasteiger partial charge in [-0.15, -0.1) is 0 Å². The van der Waals surface area contributed by atoms with E-state index in [0.29, 0.717) is 0 Å². The monoisotopic (exact) mass is 236 g/mol. The molecule has 2 rings (SSSR count). The van der Waals surface area contributed by atoms with Crippen LogP contribution in [0, 0.1) is 0 Å². The molecule has 4 nitrogen and oxygen atoms in total. The Morgan fingerprint density at radius 1 is 1.62 bits per heavy atom. The highest BCUT2D eigenvalue weighted by atomic mass is 35.5. The summed E-state index contributed by atoms with van der Waals surface area (Å²) >= 11 is 5.98. The quantitative estimate of drug-likeness (QED) is 0.451. The lowest BCUT2D eigenvalue weighted by molar-refractivity contribution is 0.689. The molecule has 5 heteroatoms. The van der Waals surface area contributed by atoms with E-state index in [1.54, 1.807) is 0 Å². The maximum absolute atomic E-state index is 8.37. The summed E-state index contributed by atoms with van der Waals surface area (Å²) in [6.07, 6.45) is 1.04. The average Bonchev–Trinajstić information content (AvgIpc) is 2.61. The van der Waals surface area contributed by atoms with Crippen LogP contribution in [0.4, 0.5) is 5.69 Å². The molecule has 0 amide bonds. The molecule has 0 radical (unpaired) electrons. The Labute approximate surface area is 99.4 Å². The molecule has 0 aromatic heterocycles. The maximum atomic E-state index is 8.37. The van der Waals surface area contributed by atoms with Crippen LogP contribution in [0.2, 0.25) is 5.02 Å². The number of rotatable bonds is 3. The zero-order valence-electron chi connectivity index (χ0n) is 9.10. The van der Waals surface area contributed by atoms with Crippen LogP contribution in [0.15, 0.2) is 23.3 Å². The third-order valence-electron chi connectivity index (χ3n) is 2.77. The maximum Gasteiger partial charge on any atom is 0.0521 e. The zero-order valence-corrected chi connectivity index (χ0v) is 9.85. The summed E-state index contributed by atoms with van der Waals surface area (Å²) in [5, 5.41) is 4.44. The van der Waals surface area contributed by atoms with E-state index in [4.69, 9.17) is 17.1 Å². The molecule has 16 heavy (non-hydrogen) atoms. The molecule has 0 saturated heterocycles. The van der Waals surface area contributed by atoms with Crippen LogP contribution < -0.4 is 4.90 Å². The van der Waals surface area contributed by atoms with Crippen LogP contribution in [0.1, 0.15) is 12.5 Å². The second-order valence-electron chi connectivity index (χ2n) is 4.02. The Morgan fingerprint density at radius 2 is 2.44 bits per heavy atom. The number of azide groups is 1. The Bertz CT molecular complexity index is 440. The van der Waals surface area contributed by atoms with Crippen molar-refractivity contribution in [2.75, 3.05) is 18.0 Å². The van der Waals surface area contributed by atoms with Crippen LogP contribution in [0.5, 0.6) is 0 Å². The molecule has 1 aromatic rings. The van der Waals surface area contributed by atoms with Gasteiger partial charge in [0.1, 0.15) is 0 Å². The van der Waals surface area contributed by atoms with Gasteiger partial charge in [-0.1, -0.05) is 29.7 Å². The summed E-state index contributed by atoms with van der Waals surface area (Å²) in [4.78, 5) is 5.05. The van der Waals surface area contributed by atoms with Gasteiger partial charge in [0.15, 0.2) is 0 Å². The smallest absolute Gasteiger partial charge is 0.0521 e. The molecule has 0 N–H and O–H groups in total. The van der Waals surface area contributed by atoms with Crippen LogP contribution in [-0.2, 0) is 6.42 Å². The molecular weight excluding hydrogens is 224 g/mol. The van der Waals surface area contributed by atoms with Gasteiger partial charge in [0.25, 0.3) is 0 Å². The molecule has 0 aliphatic carbocycles. The van der Waals surface area contributed by atoms with E-state index < -0.39 is 0 Å². The standard InChI is InChI=1S/C11H13ClN4/c1-8(14-15-13)7-16-5-4-9-2-3-10(12)6-11(9)16/h2-3,6,8H,4-5,7H2,1H3. The molecule has 1 atom stereocenters. The average molecular weight is 237 g/mol. The predicted octanol–water partition coefficient (Wildman–Crippen LogP) is 3.40. The molecule has 84 valence electrons. The van der Waals surface area contributed by atoms with Crippen molar-refractivity contribution in [2.45, 2.75) is 19.4 Å². The van der Waals surface area contributed by atoms with E-state index >= 15 is 0 Å². The minimum absolute atomic E-state index is 0.0186. The summed E-state index contributed by atoms with van der Waals surface area (Å²) in [6, 6.07) is 5.94. The lowest BCUT2D eigenvalue weighted by Gasteiger charge is -2.21. The highest BCUT2D eigenvalue weighted by Crippen LogP contribution is 2.30. The van der Waals surface area contributed by atoms with Crippen molar-refractivity contribution < 1.29 is 0 Å². The Hall–Kier alpha value is -1.38. The Balaban J connectivity index is 2.16. The van der Waals surface area contributed by atoms with Gasteiger partial charge in [-0.3, -0.25) is 0 Å². The number of nitrogens with zero attached hydrogens (tertiary/aromatic N) is 4. The highest BCUT2D eigenvalue weighted by molar-refractivity contribution is 6.30. The number of anilines is 1. The van der Waals surface area contributed by atoms with Crippen molar-refractivity contribution in [3.63, 3.8) is 0 Å². The second kappa shape index (κ2) is 4.64. The van der Waals surface area contributed by atoms with Gasteiger partial charge in [0.2, 0.25) is 0 Å². The largest absolute Gasteiger partial charge is 0.371 e. The second-order valence-corrected chi connectivity index (χ2v) is 4.46. The molecule has 0 bridgehead atoms. The number of hydrogen-bond donors (Lipinski definition) is 0. The first-order chi connectivity index (χ1) is 7.70. The van der Waals surface area contributed by atoms with Gasteiger partial charge in [-0.05, 0) is 29.6 Å². The summed E-state index contributed by atoms with van der Waals surface area (Å²) in [5.41, 5.74) is 10.9. The topological polar surface area (TPSA) is 52.0 Å². The number of hydrogen-bond acceptors (Lipinski definition) is 2. The van der Waals surface area contributed by atoms with Crippen LogP contribution in [0.25, 0.3) is 10.4 Å². The van der Waals surface area contributed by atoms with Crippen LogP contribution in [0.3, 0.4) is 0 Å². The van der Waals surface area contributed by atoms with Gasteiger partial charge in [0.05, 0.1) is 6.04 Å². The molecular formula is C11H13ClN4. The van der Waals surface area contributed by atoms with Crippen LogP contribution in [-0.4, -0.2) is 19.1 Å². The van der Waals surface area contributed by atoms with E-state index in [1.165, 1.54) is 11.3 Å². The summed E-state index contributed by atoms with van der Waals surface area (Å²) in [6.45, 7) is 3.64. The normalized spacial score (nSPS) is 15.5. The first-order valence-electron chi connectivity index (χ1n) is 5.28. The van der Waals surface area contributed by atoms with E-state index in [0.717, 1.165) is 24.5 Å². The molecule has 1 heterocycles. The molecule has 1 aliphatic rings. The molecule has 0 saturated carbocycles. The third kappa shape index (κ3) is 2.23. The van der Waals surface area contributed by atoms with E-state index in [2.05, 4.69) is 21.0 Å². The van der Waals surface area contributed by atoms with Gasteiger partial charge < -0.3 is 4.90 Å². The van der Waals surface area contributed by atoms with Gasteiger partial charge in [0, 0.05) is 28.7 Å². The fraction of sp³-hybridized carbons (Fsp3) is 0.455. The summed E-state index contributed by atoms with van der Waals surface area (Å²) in [5.74, 6) is 0. The van der Waals surface area contributed by atoms with Gasteiger partial charge in [-0.2, -0.15) is 0 Å². The van der Waals surface area contributed by atoms with Gasteiger partial charge in [-0.25, -0.2) is 0 Å².